The maximum Gasteiger partial charge on any atom is 0.167 e. The molecule has 0 fully saturated rings. The van der Waals surface area contributed by atoms with Crippen molar-refractivity contribution in [2.45, 2.75) is 0 Å². The molecule has 0 radical (unpaired) electrons. The molecular formula is C43H25N3O2. The summed E-state index contributed by atoms with van der Waals surface area (Å²) >= 11 is 0. The Kier molecular flexibility index (Phi) is 5.81. The third-order valence-corrected chi connectivity index (χ3v) is 9.12. The monoisotopic (exact) mass is 615 g/mol. The van der Waals surface area contributed by atoms with E-state index in [0.717, 1.165) is 82.5 Å². The SMILES string of the molecule is c1ccc(-c2nc(-c3cccc4c3oc3c(-c5ccccc5)cccc34)nc(-c3cccc4oc5cc6ccccc6cc5c34)n2)cc1. The van der Waals surface area contributed by atoms with Gasteiger partial charge in [0.2, 0.25) is 0 Å². The lowest BCUT2D eigenvalue weighted by molar-refractivity contribution is 0.669. The minimum Gasteiger partial charge on any atom is -0.456 e. The van der Waals surface area contributed by atoms with Gasteiger partial charge in [-0.05, 0) is 40.6 Å². The van der Waals surface area contributed by atoms with Crippen molar-refractivity contribution in [3.8, 4) is 45.3 Å². The average molecular weight is 616 g/mol. The summed E-state index contributed by atoms with van der Waals surface area (Å²) in [6, 6.07) is 51.6. The van der Waals surface area contributed by atoms with Crippen LogP contribution in [0.4, 0.5) is 0 Å². The number of hydrogen-bond donors (Lipinski definition) is 0. The summed E-state index contributed by atoms with van der Waals surface area (Å²) < 4.78 is 13.2. The molecule has 5 nitrogen and oxygen atoms in total. The van der Waals surface area contributed by atoms with Gasteiger partial charge in [0, 0.05) is 38.2 Å². The third-order valence-electron chi connectivity index (χ3n) is 9.12. The molecule has 0 atom stereocenters. The van der Waals surface area contributed by atoms with Gasteiger partial charge in [0.15, 0.2) is 17.5 Å². The maximum atomic E-state index is 6.76. The van der Waals surface area contributed by atoms with E-state index in [1.165, 1.54) is 0 Å². The number of aromatic nitrogens is 3. The van der Waals surface area contributed by atoms with E-state index in [0.29, 0.717) is 17.5 Å². The van der Waals surface area contributed by atoms with Crippen LogP contribution in [-0.4, -0.2) is 15.0 Å². The number of rotatable bonds is 4. The van der Waals surface area contributed by atoms with E-state index in [-0.39, 0.29) is 0 Å². The first kappa shape index (κ1) is 26.6. The van der Waals surface area contributed by atoms with Crippen LogP contribution in [0.2, 0.25) is 0 Å². The van der Waals surface area contributed by atoms with E-state index in [9.17, 15) is 0 Å². The molecule has 3 heterocycles. The van der Waals surface area contributed by atoms with Crippen LogP contribution in [0.1, 0.15) is 0 Å². The van der Waals surface area contributed by atoms with Crippen LogP contribution in [0.3, 0.4) is 0 Å². The van der Waals surface area contributed by atoms with Crippen LogP contribution in [0.15, 0.2) is 160 Å². The minimum absolute atomic E-state index is 0.542. The number of hydrogen-bond acceptors (Lipinski definition) is 5. The van der Waals surface area contributed by atoms with E-state index >= 15 is 0 Å². The molecule has 48 heavy (non-hydrogen) atoms. The van der Waals surface area contributed by atoms with Gasteiger partial charge in [-0.3, -0.25) is 0 Å². The summed E-state index contributed by atoms with van der Waals surface area (Å²) in [6.45, 7) is 0. The molecule has 7 aromatic carbocycles. The van der Waals surface area contributed by atoms with Crippen LogP contribution in [-0.2, 0) is 0 Å². The Balaban J connectivity index is 1.24. The number of para-hydroxylation sites is 2. The van der Waals surface area contributed by atoms with Crippen molar-refractivity contribution in [2.24, 2.45) is 0 Å². The zero-order chi connectivity index (χ0) is 31.6. The summed E-state index contributed by atoms with van der Waals surface area (Å²) in [5.41, 5.74) is 7.93. The van der Waals surface area contributed by atoms with E-state index in [4.69, 9.17) is 23.8 Å². The first-order chi connectivity index (χ1) is 23.8. The van der Waals surface area contributed by atoms with Crippen LogP contribution in [0.5, 0.6) is 0 Å². The fourth-order valence-electron chi connectivity index (χ4n) is 6.87. The van der Waals surface area contributed by atoms with Crippen molar-refractivity contribution in [1.29, 1.82) is 0 Å². The van der Waals surface area contributed by atoms with Gasteiger partial charge >= 0.3 is 0 Å². The Morgan fingerprint density at radius 3 is 1.67 bits per heavy atom. The van der Waals surface area contributed by atoms with Gasteiger partial charge in [-0.1, -0.05) is 127 Å². The fraction of sp³-hybridized carbons (Fsp3) is 0. The van der Waals surface area contributed by atoms with Crippen molar-refractivity contribution < 1.29 is 8.83 Å². The summed E-state index contributed by atoms with van der Waals surface area (Å²) in [6.07, 6.45) is 0. The highest BCUT2D eigenvalue weighted by atomic mass is 16.3. The molecule has 0 spiro atoms. The molecule has 0 aliphatic rings. The number of furan rings is 2. The number of fused-ring (bicyclic) bond motifs is 7. The normalized spacial score (nSPS) is 11.8. The van der Waals surface area contributed by atoms with Crippen LogP contribution in [0, 0.1) is 0 Å². The zero-order valence-corrected chi connectivity index (χ0v) is 25.6. The predicted molar refractivity (Wildman–Crippen MR) is 194 cm³/mol. The quantitative estimate of drug-likeness (QED) is 0.197. The fourth-order valence-corrected chi connectivity index (χ4v) is 6.87. The van der Waals surface area contributed by atoms with E-state index in [1.807, 2.05) is 78.9 Å². The molecule has 0 amide bonds. The van der Waals surface area contributed by atoms with Gasteiger partial charge in [0.1, 0.15) is 22.3 Å². The van der Waals surface area contributed by atoms with Crippen molar-refractivity contribution in [1.82, 2.24) is 15.0 Å². The molecule has 224 valence electrons. The average Bonchev–Trinajstić information content (AvgIpc) is 3.72. The molecule has 0 aliphatic carbocycles. The lowest BCUT2D eigenvalue weighted by Gasteiger charge is -2.09. The smallest absolute Gasteiger partial charge is 0.167 e. The molecule has 0 saturated heterocycles. The van der Waals surface area contributed by atoms with Crippen LogP contribution < -0.4 is 0 Å². The Bertz CT molecular complexity index is 2840. The highest BCUT2D eigenvalue weighted by Crippen LogP contribution is 2.41. The minimum atomic E-state index is 0.542. The second kappa shape index (κ2) is 10.5. The van der Waals surface area contributed by atoms with Crippen LogP contribution in [0.25, 0.3) is 99.9 Å². The van der Waals surface area contributed by atoms with Crippen molar-refractivity contribution in [3.05, 3.63) is 152 Å². The molecule has 0 bridgehead atoms. The molecule has 0 aliphatic heterocycles. The first-order valence-electron chi connectivity index (χ1n) is 15.9. The lowest BCUT2D eigenvalue weighted by Crippen LogP contribution is -2.00. The molecule has 0 N–H and O–H groups in total. The number of nitrogens with zero attached hydrogens (tertiary/aromatic N) is 3. The summed E-state index contributed by atoms with van der Waals surface area (Å²) in [7, 11) is 0. The Hall–Kier alpha value is -6.59. The Labute approximate surface area is 274 Å². The molecule has 10 aromatic rings. The topological polar surface area (TPSA) is 65.0 Å². The molecule has 0 saturated carbocycles. The third kappa shape index (κ3) is 4.15. The summed E-state index contributed by atoms with van der Waals surface area (Å²) in [5, 5.41) is 6.34. The van der Waals surface area contributed by atoms with Gasteiger partial charge in [-0.15, -0.1) is 0 Å². The second-order valence-corrected chi connectivity index (χ2v) is 12.0. The highest BCUT2D eigenvalue weighted by Gasteiger charge is 2.21. The lowest BCUT2D eigenvalue weighted by atomic mass is 10.0. The van der Waals surface area contributed by atoms with Gasteiger partial charge < -0.3 is 8.83 Å². The van der Waals surface area contributed by atoms with Gasteiger partial charge in [-0.2, -0.15) is 0 Å². The van der Waals surface area contributed by atoms with Crippen molar-refractivity contribution >= 4 is 54.6 Å². The Morgan fingerprint density at radius 2 is 0.917 bits per heavy atom. The maximum absolute atomic E-state index is 6.76. The second-order valence-electron chi connectivity index (χ2n) is 12.0. The molecule has 3 aromatic heterocycles. The van der Waals surface area contributed by atoms with Gasteiger partial charge in [0.05, 0.1) is 5.56 Å². The Morgan fingerprint density at radius 1 is 0.354 bits per heavy atom. The molecule has 0 unspecified atom stereocenters. The zero-order valence-electron chi connectivity index (χ0n) is 25.6. The van der Waals surface area contributed by atoms with E-state index < -0.39 is 0 Å². The van der Waals surface area contributed by atoms with Gasteiger partial charge in [-0.25, -0.2) is 15.0 Å². The summed E-state index contributed by atoms with van der Waals surface area (Å²) in [5.74, 6) is 1.70. The van der Waals surface area contributed by atoms with E-state index in [2.05, 4.69) is 72.8 Å². The highest BCUT2D eigenvalue weighted by molar-refractivity contribution is 6.15. The van der Waals surface area contributed by atoms with Crippen molar-refractivity contribution in [2.75, 3.05) is 0 Å². The largest absolute Gasteiger partial charge is 0.456 e. The van der Waals surface area contributed by atoms with Crippen molar-refractivity contribution in [3.63, 3.8) is 0 Å². The predicted octanol–water partition coefficient (Wildman–Crippen LogP) is 11.5. The van der Waals surface area contributed by atoms with Gasteiger partial charge in [0.25, 0.3) is 0 Å². The van der Waals surface area contributed by atoms with E-state index in [1.54, 1.807) is 0 Å². The molecule has 5 heteroatoms. The summed E-state index contributed by atoms with van der Waals surface area (Å²) in [4.78, 5) is 15.3. The molecular weight excluding hydrogens is 590 g/mol. The molecule has 10 rings (SSSR count). The standard InChI is InChI=1S/C43H25N3O2/c1-3-12-26(13-4-1)30-18-9-19-31-32-20-10-22-34(40(32)48-39(30)31)43-45-41(27-14-5-2-6-15-27)44-42(46-43)33-21-11-23-36-38(33)35-24-28-16-7-8-17-29(28)25-37(35)47-36/h1-25H. The number of benzene rings is 7. The first-order valence-corrected chi connectivity index (χ1v) is 15.9. The van der Waals surface area contributed by atoms with Crippen LogP contribution >= 0.6 is 0 Å².